The Morgan fingerprint density at radius 3 is 2.61 bits per heavy atom. The molecule has 2 saturated carbocycles. The molecule has 1 aromatic rings. The first-order valence-electron chi connectivity index (χ1n) is 7.03. The van der Waals surface area contributed by atoms with Crippen LogP contribution in [0, 0.1) is 17.8 Å². The number of Topliss-reactive ketones (excluding diaryl/α,β-unsaturated/α-hetero) is 1. The van der Waals surface area contributed by atoms with Gasteiger partial charge in [-0.15, -0.1) is 11.3 Å². The molecule has 2 aliphatic carbocycles. The molecular weight excluding hydrogens is 308 g/mol. The fourth-order valence-corrected chi connectivity index (χ4v) is 5.16. The molecule has 0 saturated heterocycles. The molecule has 3 heteroatoms. The van der Waals surface area contributed by atoms with E-state index < -0.39 is 0 Å². The first kappa shape index (κ1) is 12.9. The van der Waals surface area contributed by atoms with E-state index in [9.17, 15) is 4.79 Å². The summed E-state index contributed by atoms with van der Waals surface area (Å²) in [5.74, 6) is 2.47. The van der Waals surface area contributed by atoms with Crippen LogP contribution in [0.4, 0.5) is 0 Å². The van der Waals surface area contributed by atoms with Crippen molar-refractivity contribution in [2.75, 3.05) is 0 Å². The first-order chi connectivity index (χ1) is 8.74. The van der Waals surface area contributed by atoms with E-state index in [0.29, 0.717) is 11.7 Å². The predicted octanol–water partition coefficient (Wildman–Crippen LogP) is 5.30. The van der Waals surface area contributed by atoms with Crippen LogP contribution in [0.5, 0.6) is 0 Å². The molecule has 3 unspecified atom stereocenters. The smallest absolute Gasteiger partial charge is 0.175 e. The molecule has 0 amide bonds. The summed E-state index contributed by atoms with van der Waals surface area (Å²) >= 11 is 5.03. The number of carbonyl (C=O) groups is 1. The lowest BCUT2D eigenvalue weighted by molar-refractivity contribution is 0.0767. The van der Waals surface area contributed by atoms with Gasteiger partial charge in [-0.3, -0.25) is 4.79 Å². The van der Waals surface area contributed by atoms with Crippen molar-refractivity contribution < 1.29 is 4.79 Å². The maximum atomic E-state index is 12.5. The highest BCUT2D eigenvalue weighted by atomic mass is 79.9. The number of halogens is 1. The molecule has 3 rings (SSSR count). The Hall–Kier alpha value is -0.150. The van der Waals surface area contributed by atoms with Gasteiger partial charge in [0.15, 0.2) is 5.78 Å². The monoisotopic (exact) mass is 326 g/mol. The minimum atomic E-state index is 0.301. The second kappa shape index (κ2) is 5.46. The Labute approximate surface area is 121 Å². The Morgan fingerprint density at radius 1 is 1.11 bits per heavy atom. The molecule has 98 valence electrons. The van der Waals surface area contributed by atoms with Gasteiger partial charge in [-0.1, -0.05) is 25.7 Å². The fraction of sp³-hybridized carbons (Fsp3) is 0.667. The molecule has 1 aromatic heterocycles. The third-order valence-corrected chi connectivity index (χ3v) is 6.36. The molecule has 0 spiro atoms. The van der Waals surface area contributed by atoms with Crippen LogP contribution in [0.2, 0.25) is 0 Å². The summed E-state index contributed by atoms with van der Waals surface area (Å²) in [7, 11) is 0. The normalized spacial score (nSPS) is 31.9. The number of rotatable bonds is 2. The highest BCUT2D eigenvalue weighted by Gasteiger charge is 2.35. The van der Waals surface area contributed by atoms with Crippen LogP contribution in [0.15, 0.2) is 15.9 Å². The Balaban J connectivity index is 1.68. The number of thiophene rings is 1. The minimum absolute atomic E-state index is 0.301. The molecule has 18 heavy (non-hydrogen) atoms. The van der Waals surface area contributed by atoms with Crippen LogP contribution in [0.25, 0.3) is 0 Å². The molecule has 0 bridgehead atoms. The Morgan fingerprint density at radius 2 is 1.89 bits per heavy atom. The van der Waals surface area contributed by atoms with Gasteiger partial charge in [0.1, 0.15) is 0 Å². The molecule has 0 aromatic carbocycles. The lowest BCUT2D eigenvalue weighted by Crippen LogP contribution is -2.31. The Kier molecular flexibility index (Phi) is 3.90. The Bertz CT molecular complexity index is 439. The predicted molar refractivity (Wildman–Crippen MR) is 79.1 cm³/mol. The van der Waals surface area contributed by atoms with Gasteiger partial charge in [0.25, 0.3) is 0 Å². The van der Waals surface area contributed by atoms with Gasteiger partial charge >= 0.3 is 0 Å². The van der Waals surface area contributed by atoms with Crippen LogP contribution < -0.4 is 0 Å². The van der Waals surface area contributed by atoms with Crippen molar-refractivity contribution in [1.82, 2.24) is 0 Å². The summed E-state index contributed by atoms with van der Waals surface area (Å²) in [6.07, 6.45) is 9.13. The molecule has 0 aliphatic heterocycles. The number of hydrogen-bond donors (Lipinski definition) is 0. The van der Waals surface area contributed by atoms with E-state index in [-0.39, 0.29) is 0 Å². The molecule has 2 fully saturated rings. The first-order valence-corrected chi connectivity index (χ1v) is 8.64. The summed E-state index contributed by atoms with van der Waals surface area (Å²) in [6, 6.07) is 3.97. The maximum absolute atomic E-state index is 12.5. The van der Waals surface area contributed by atoms with Gasteiger partial charge in [0.2, 0.25) is 0 Å². The molecule has 3 atom stereocenters. The van der Waals surface area contributed by atoms with Gasteiger partial charge in [0.05, 0.1) is 8.66 Å². The van der Waals surface area contributed by atoms with Crippen molar-refractivity contribution in [2.24, 2.45) is 17.8 Å². The summed E-state index contributed by atoms with van der Waals surface area (Å²) in [5.41, 5.74) is 0. The summed E-state index contributed by atoms with van der Waals surface area (Å²) in [5, 5.41) is 0. The van der Waals surface area contributed by atoms with Crippen molar-refractivity contribution >= 4 is 33.0 Å². The minimum Gasteiger partial charge on any atom is -0.293 e. The summed E-state index contributed by atoms with van der Waals surface area (Å²) in [6.45, 7) is 0. The number of carbonyl (C=O) groups excluding carboxylic acids is 1. The molecule has 1 nitrogen and oxygen atoms in total. The summed E-state index contributed by atoms with van der Waals surface area (Å²) < 4.78 is 1.07. The zero-order chi connectivity index (χ0) is 12.5. The van der Waals surface area contributed by atoms with Gasteiger partial charge in [0, 0.05) is 5.92 Å². The topological polar surface area (TPSA) is 17.1 Å². The van der Waals surface area contributed by atoms with E-state index >= 15 is 0 Å². The van der Waals surface area contributed by atoms with E-state index in [2.05, 4.69) is 15.9 Å². The third kappa shape index (κ3) is 2.57. The van der Waals surface area contributed by atoms with E-state index in [1.807, 2.05) is 12.1 Å². The van der Waals surface area contributed by atoms with Crippen LogP contribution in [0.1, 0.15) is 54.6 Å². The zero-order valence-electron chi connectivity index (χ0n) is 10.5. The van der Waals surface area contributed by atoms with E-state index in [4.69, 9.17) is 0 Å². The average Bonchev–Trinajstić information content (AvgIpc) is 2.84. The lowest BCUT2D eigenvalue weighted by Gasteiger charge is -2.38. The van der Waals surface area contributed by atoms with Gasteiger partial charge in [-0.05, 0) is 59.2 Å². The van der Waals surface area contributed by atoms with Crippen LogP contribution in [-0.2, 0) is 0 Å². The van der Waals surface area contributed by atoms with Gasteiger partial charge < -0.3 is 0 Å². The van der Waals surface area contributed by atoms with Crippen LogP contribution in [-0.4, -0.2) is 5.78 Å². The van der Waals surface area contributed by atoms with Crippen LogP contribution >= 0.6 is 27.3 Å². The average molecular weight is 327 g/mol. The maximum Gasteiger partial charge on any atom is 0.175 e. The van der Waals surface area contributed by atoms with Crippen molar-refractivity contribution in [3.05, 3.63) is 20.8 Å². The van der Waals surface area contributed by atoms with E-state index in [1.54, 1.807) is 11.3 Å². The van der Waals surface area contributed by atoms with Gasteiger partial charge in [-0.2, -0.15) is 0 Å². The van der Waals surface area contributed by atoms with Crippen molar-refractivity contribution in [3.8, 4) is 0 Å². The van der Waals surface area contributed by atoms with E-state index in [0.717, 1.165) is 33.3 Å². The zero-order valence-corrected chi connectivity index (χ0v) is 12.9. The lowest BCUT2D eigenvalue weighted by atomic mass is 9.66. The molecular formula is C15H19BrOS. The van der Waals surface area contributed by atoms with Crippen molar-refractivity contribution in [2.45, 2.75) is 44.9 Å². The third-order valence-electron chi connectivity index (χ3n) is 4.73. The standard InChI is InChI=1S/C15H19BrOS/c16-14-8-7-13(18-14)15(17)12-6-5-10-3-1-2-4-11(10)9-12/h7-8,10-12H,1-6,9H2. The number of hydrogen-bond acceptors (Lipinski definition) is 2. The molecule has 0 radical (unpaired) electrons. The van der Waals surface area contributed by atoms with Crippen molar-refractivity contribution in [1.29, 1.82) is 0 Å². The highest BCUT2D eigenvalue weighted by molar-refractivity contribution is 9.11. The number of ketones is 1. The fourth-order valence-electron chi connectivity index (χ4n) is 3.76. The van der Waals surface area contributed by atoms with Crippen molar-refractivity contribution in [3.63, 3.8) is 0 Å². The van der Waals surface area contributed by atoms with Crippen LogP contribution in [0.3, 0.4) is 0 Å². The SMILES string of the molecule is O=C(c1ccc(Br)s1)C1CCC2CCCCC2C1. The second-order valence-corrected chi connectivity index (χ2v) is 8.25. The van der Waals surface area contributed by atoms with E-state index in [1.165, 1.54) is 32.1 Å². The largest absolute Gasteiger partial charge is 0.293 e. The molecule has 2 aliphatic rings. The van der Waals surface area contributed by atoms with Gasteiger partial charge in [-0.25, -0.2) is 0 Å². The second-order valence-electron chi connectivity index (χ2n) is 5.78. The highest BCUT2D eigenvalue weighted by Crippen LogP contribution is 2.43. The molecule has 1 heterocycles. The summed E-state index contributed by atoms with van der Waals surface area (Å²) in [4.78, 5) is 13.4. The quantitative estimate of drug-likeness (QED) is 0.674. The molecule has 0 N–H and O–H groups in total. The number of fused-ring (bicyclic) bond motifs is 1.